The van der Waals surface area contributed by atoms with Gasteiger partial charge in [0.2, 0.25) is 5.91 Å². The quantitative estimate of drug-likeness (QED) is 0.690. The van der Waals surface area contributed by atoms with E-state index >= 15 is 0 Å². The Labute approximate surface area is 85.7 Å². The van der Waals surface area contributed by atoms with Crippen LogP contribution in [0, 0.1) is 5.92 Å². The first-order chi connectivity index (χ1) is 6.65. The lowest BCUT2D eigenvalue weighted by Gasteiger charge is -2.32. The second-order valence-electron chi connectivity index (χ2n) is 3.66. The van der Waals surface area contributed by atoms with E-state index < -0.39 is 0 Å². The van der Waals surface area contributed by atoms with Gasteiger partial charge in [0.15, 0.2) is 0 Å². The number of hydrogen-bond acceptors (Lipinski definition) is 2. The zero-order valence-corrected chi connectivity index (χ0v) is 9.46. The summed E-state index contributed by atoms with van der Waals surface area (Å²) in [5, 5.41) is 0. The molecule has 1 unspecified atom stereocenters. The van der Waals surface area contributed by atoms with Gasteiger partial charge in [0.05, 0.1) is 19.6 Å². The van der Waals surface area contributed by atoms with Crippen LogP contribution in [-0.4, -0.2) is 31.5 Å². The van der Waals surface area contributed by atoms with Crippen LogP contribution >= 0.6 is 0 Å². The summed E-state index contributed by atoms with van der Waals surface area (Å²) in [7, 11) is 3.51. The van der Waals surface area contributed by atoms with Gasteiger partial charge < -0.3 is 9.64 Å². The van der Waals surface area contributed by atoms with Crippen LogP contribution in [-0.2, 0) is 9.53 Å². The molecule has 1 atom stereocenters. The van der Waals surface area contributed by atoms with Crippen LogP contribution in [0.1, 0.15) is 26.7 Å². The van der Waals surface area contributed by atoms with Crippen molar-refractivity contribution >= 4 is 5.91 Å². The monoisotopic (exact) mass is 197 g/mol. The first-order valence-electron chi connectivity index (χ1n) is 5.16. The molecule has 14 heavy (non-hydrogen) atoms. The minimum atomic E-state index is 0.0358. The molecule has 1 heterocycles. The van der Waals surface area contributed by atoms with Crippen molar-refractivity contribution in [2.24, 2.45) is 5.92 Å². The molecule has 1 rings (SSSR count). The molecule has 3 heteroatoms. The topological polar surface area (TPSA) is 29.5 Å². The lowest BCUT2D eigenvalue weighted by atomic mass is 9.89. The number of amides is 1. The zero-order valence-electron chi connectivity index (χ0n) is 9.46. The smallest absolute Gasteiger partial charge is 0.230 e. The Morgan fingerprint density at radius 2 is 2.14 bits per heavy atom. The SMILES string of the molecule is CCC1=C(OC)CN(C)C(=O)C1CC. The van der Waals surface area contributed by atoms with E-state index in [0.29, 0.717) is 6.54 Å². The van der Waals surface area contributed by atoms with Crippen molar-refractivity contribution in [2.75, 3.05) is 20.7 Å². The molecule has 0 bridgehead atoms. The fraction of sp³-hybridized carbons (Fsp3) is 0.727. The first kappa shape index (κ1) is 11.1. The van der Waals surface area contributed by atoms with Crippen molar-refractivity contribution in [1.29, 1.82) is 0 Å². The largest absolute Gasteiger partial charge is 0.499 e. The molecule has 0 aromatic heterocycles. The van der Waals surface area contributed by atoms with Gasteiger partial charge in [-0.25, -0.2) is 0 Å². The summed E-state index contributed by atoms with van der Waals surface area (Å²) in [5.74, 6) is 1.24. The Morgan fingerprint density at radius 3 is 2.57 bits per heavy atom. The maximum atomic E-state index is 11.8. The van der Waals surface area contributed by atoms with Crippen LogP contribution in [0.5, 0.6) is 0 Å². The van der Waals surface area contributed by atoms with Gasteiger partial charge in [0.25, 0.3) is 0 Å². The predicted molar refractivity (Wildman–Crippen MR) is 55.7 cm³/mol. The average molecular weight is 197 g/mol. The fourth-order valence-corrected chi connectivity index (χ4v) is 2.06. The molecule has 0 saturated heterocycles. The zero-order chi connectivity index (χ0) is 10.7. The van der Waals surface area contributed by atoms with E-state index in [1.165, 1.54) is 5.57 Å². The van der Waals surface area contributed by atoms with Gasteiger partial charge in [-0.3, -0.25) is 4.79 Å². The van der Waals surface area contributed by atoms with Crippen LogP contribution in [0.4, 0.5) is 0 Å². The highest BCUT2D eigenvalue weighted by Gasteiger charge is 2.31. The molecule has 0 aliphatic carbocycles. The predicted octanol–water partition coefficient (Wildman–Crippen LogP) is 1.80. The number of ether oxygens (including phenoxy) is 1. The normalized spacial score (nSPS) is 23.0. The van der Waals surface area contributed by atoms with Crippen LogP contribution in [0.2, 0.25) is 0 Å². The van der Waals surface area contributed by atoms with Gasteiger partial charge in [-0.15, -0.1) is 0 Å². The third-order valence-electron chi connectivity index (χ3n) is 2.87. The first-order valence-corrected chi connectivity index (χ1v) is 5.16. The standard InChI is InChI=1S/C11H19NO2/c1-5-8-9(6-2)11(13)12(3)7-10(8)14-4/h9H,5-7H2,1-4H3. The maximum absolute atomic E-state index is 11.8. The van der Waals surface area contributed by atoms with Crippen LogP contribution in [0.25, 0.3) is 0 Å². The van der Waals surface area contributed by atoms with Crippen LogP contribution in [0.3, 0.4) is 0 Å². The molecule has 0 N–H and O–H groups in total. The van der Waals surface area contributed by atoms with Gasteiger partial charge in [-0.2, -0.15) is 0 Å². The minimum absolute atomic E-state index is 0.0358. The highest BCUT2D eigenvalue weighted by molar-refractivity contribution is 5.83. The highest BCUT2D eigenvalue weighted by Crippen LogP contribution is 2.28. The van der Waals surface area contributed by atoms with Gasteiger partial charge in [0.1, 0.15) is 5.76 Å². The molecule has 1 aliphatic rings. The summed E-state index contributed by atoms with van der Waals surface area (Å²) in [4.78, 5) is 13.6. The molecule has 1 amide bonds. The second-order valence-corrected chi connectivity index (χ2v) is 3.66. The van der Waals surface area contributed by atoms with E-state index in [1.54, 1.807) is 12.0 Å². The highest BCUT2D eigenvalue weighted by atomic mass is 16.5. The maximum Gasteiger partial charge on any atom is 0.230 e. The Hall–Kier alpha value is -0.990. The van der Waals surface area contributed by atoms with Crippen molar-refractivity contribution in [2.45, 2.75) is 26.7 Å². The lowest BCUT2D eigenvalue weighted by molar-refractivity contribution is -0.134. The van der Waals surface area contributed by atoms with Crippen LogP contribution in [0.15, 0.2) is 11.3 Å². The number of carbonyl (C=O) groups excluding carboxylic acids is 1. The number of nitrogens with zero attached hydrogens (tertiary/aromatic N) is 1. The third-order valence-corrected chi connectivity index (χ3v) is 2.87. The molecule has 0 aromatic carbocycles. The van der Waals surface area contributed by atoms with Crippen molar-refractivity contribution < 1.29 is 9.53 Å². The van der Waals surface area contributed by atoms with Gasteiger partial charge in [-0.05, 0) is 18.4 Å². The number of hydrogen-bond donors (Lipinski definition) is 0. The molecule has 80 valence electrons. The second kappa shape index (κ2) is 4.49. The molecule has 0 saturated carbocycles. The number of methoxy groups -OCH3 is 1. The van der Waals surface area contributed by atoms with Crippen molar-refractivity contribution in [3.63, 3.8) is 0 Å². The summed E-state index contributed by atoms with van der Waals surface area (Å²) >= 11 is 0. The summed E-state index contributed by atoms with van der Waals surface area (Å²) in [6.45, 7) is 4.75. The molecule has 0 spiro atoms. The number of likely N-dealkylation sites (N-methyl/N-ethyl adjacent to an activating group) is 1. The molecule has 0 radical (unpaired) electrons. The summed E-state index contributed by atoms with van der Waals surface area (Å²) in [6.07, 6.45) is 1.76. The molecule has 0 aromatic rings. The molecule has 1 aliphatic heterocycles. The summed E-state index contributed by atoms with van der Waals surface area (Å²) < 4.78 is 5.33. The average Bonchev–Trinajstić information content (AvgIpc) is 2.20. The Morgan fingerprint density at radius 1 is 1.50 bits per heavy atom. The molecule has 3 nitrogen and oxygen atoms in total. The molecular weight excluding hydrogens is 178 g/mol. The minimum Gasteiger partial charge on any atom is -0.499 e. The van der Waals surface area contributed by atoms with E-state index in [2.05, 4.69) is 6.92 Å². The Balaban J connectivity index is 3.04. The van der Waals surface area contributed by atoms with Gasteiger partial charge in [0, 0.05) is 7.05 Å². The third kappa shape index (κ3) is 1.76. The van der Waals surface area contributed by atoms with E-state index in [1.807, 2.05) is 14.0 Å². The van der Waals surface area contributed by atoms with E-state index in [4.69, 9.17) is 4.74 Å². The summed E-state index contributed by atoms with van der Waals surface area (Å²) in [6, 6.07) is 0. The van der Waals surface area contributed by atoms with Crippen molar-refractivity contribution in [3.05, 3.63) is 11.3 Å². The number of carbonyl (C=O) groups is 1. The van der Waals surface area contributed by atoms with Gasteiger partial charge in [-0.1, -0.05) is 13.8 Å². The van der Waals surface area contributed by atoms with Gasteiger partial charge >= 0.3 is 0 Å². The lowest BCUT2D eigenvalue weighted by Crippen LogP contribution is -2.40. The van der Waals surface area contributed by atoms with Crippen LogP contribution < -0.4 is 0 Å². The fourth-order valence-electron chi connectivity index (χ4n) is 2.06. The van der Waals surface area contributed by atoms with E-state index in [9.17, 15) is 4.79 Å². The molecular formula is C11H19NO2. The number of rotatable bonds is 3. The molecule has 0 fully saturated rings. The summed E-state index contributed by atoms with van der Waals surface area (Å²) in [5.41, 5.74) is 1.18. The Kier molecular flexibility index (Phi) is 3.55. The van der Waals surface area contributed by atoms with E-state index in [-0.39, 0.29) is 11.8 Å². The Bertz CT molecular complexity index is 258. The van der Waals surface area contributed by atoms with Crippen molar-refractivity contribution in [3.8, 4) is 0 Å². The van der Waals surface area contributed by atoms with E-state index in [0.717, 1.165) is 18.6 Å². The van der Waals surface area contributed by atoms with Crippen molar-refractivity contribution in [1.82, 2.24) is 4.90 Å².